The van der Waals surface area contributed by atoms with E-state index < -0.39 is 6.10 Å². The van der Waals surface area contributed by atoms with Gasteiger partial charge in [-0.2, -0.15) is 0 Å². The molecule has 0 aliphatic carbocycles. The zero-order valence-electron chi connectivity index (χ0n) is 21.5. The van der Waals surface area contributed by atoms with Crippen LogP contribution in [0, 0.1) is 11.8 Å². The molecule has 2 bridgehead atoms. The zero-order valence-corrected chi connectivity index (χ0v) is 22.3. The van der Waals surface area contributed by atoms with Crippen LogP contribution in [0.5, 0.6) is 0 Å². The van der Waals surface area contributed by atoms with Gasteiger partial charge < -0.3 is 22.0 Å². The van der Waals surface area contributed by atoms with Gasteiger partial charge in [-0.15, -0.1) is 6.58 Å². The maximum atomic E-state index is 12.1. The predicted molar refractivity (Wildman–Crippen MR) is 152 cm³/mol. The lowest BCUT2D eigenvalue weighted by Crippen LogP contribution is -3.00. The highest BCUT2D eigenvalue weighted by Gasteiger charge is 2.54. The largest absolute Gasteiger partial charge is 1.00 e. The minimum Gasteiger partial charge on any atom is -1.00 e. The van der Waals surface area contributed by atoms with E-state index in [1.807, 2.05) is 30.5 Å². The first-order valence-corrected chi connectivity index (χ1v) is 13.6. The summed E-state index contributed by atoms with van der Waals surface area (Å²) in [4.78, 5) is 4.57. The van der Waals surface area contributed by atoms with Gasteiger partial charge in [0.15, 0.2) is 0 Å². The summed E-state index contributed by atoms with van der Waals surface area (Å²) in [7, 11) is 0. The van der Waals surface area contributed by atoms with E-state index in [0.717, 1.165) is 47.0 Å². The first kappa shape index (κ1) is 25.1. The Morgan fingerprint density at radius 1 is 0.921 bits per heavy atom. The fraction of sp³-hybridized carbons (Fsp3) is 0.265. The van der Waals surface area contributed by atoms with Crippen LogP contribution in [0.25, 0.3) is 32.4 Å². The van der Waals surface area contributed by atoms with Crippen molar-refractivity contribution in [2.45, 2.75) is 31.5 Å². The van der Waals surface area contributed by atoms with Crippen molar-refractivity contribution in [2.75, 3.05) is 13.1 Å². The lowest BCUT2D eigenvalue weighted by molar-refractivity contribution is -0.984. The number of hydrogen-bond donors (Lipinski definition) is 1. The SMILES string of the molecule is C=CC1C[N+]2(Cc3c4ccccc4cc4ccccc34)CCC1C[C@@H]2[C@H](O)c1ccnc2ccccc12.[Cl-]. The van der Waals surface area contributed by atoms with E-state index >= 15 is 0 Å². The number of piperidine rings is 3. The summed E-state index contributed by atoms with van der Waals surface area (Å²) in [6.07, 6.45) is 5.72. The number of para-hydroxylation sites is 1. The highest BCUT2D eigenvalue weighted by atomic mass is 35.5. The molecule has 3 saturated heterocycles. The smallest absolute Gasteiger partial charge is 0.131 e. The molecule has 1 N–H and O–H groups in total. The van der Waals surface area contributed by atoms with Crippen LogP contribution in [-0.4, -0.2) is 33.7 Å². The van der Waals surface area contributed by atoms with E-state index in [1.165, 1.54) is 33.5 Å². The van der Waals surface area contributed by atoms with Gasteiger partial charge in [-0.25, -0.2) is 0 Å². The number of nitrogens with zero attached hydrogens (tertiary/aromatic N) is 2. The molecule has 38 heavy (non-hydrogen) atoms. The molecule has 192 valence electrons. The molecular formula is C34H33ClN2O. The van der Waals surface area contributed by atoms with Crippen molar-refractivity contribution in [2.24, 2.45) is 11.8 Å². The first-order chi connectivity index (χ1) is 18.2. The summed E-state index contributed by atoms with van der Waals surface area (Å²) >= 11 is 0. The van der Waals surface area contributed by atoms with Crippen LogP contribution >= 0.6 is 0 Å². The van der Waals surface area contributed by atoms with Crippen molar-refractivity contribution in [1.82, 2.24) is 4.98 Å². The Kier molecular flexibility index (Phi) is 6.47. The number of fused-ring (bicyclic) bond motifs is 6. The number of quaternary nitrogens is 1. The van der Waals surface area contributed by atoms with Crippen molar-refractivity contribution in [3.05, 3.63) is 115 Å². The van der Waals surface area contributed by atoms with Crippen LogP contribution < -0.4 is 12.4 Å². The average Bonchev–Trinajstić information content (AvgIpc) is 2.96. The third-order valence-corrected chi connectivity index (χ3v) is 9.40. The van der Waals surface area contributed by atoms with E-state index in [2.05, 4.69) is 78.3 Å². The summed E-state index contributed by atoms with van der Waals surface area (Å²) < 4.78 is 0.906. The molecule has 3 aliphatic rings. The number of benzene rings is 4. The second-order valence-corrected chi connectivity index (χ2v) is 11.2. The van der Waals surface area contributed by atoms with Gasteiger partial charge in [-0.05, 0) is 51.2 Å². The second-order valence-electron chi connectivity index (χ2n) is 11.2. The Hall–Kier alpha value is -3.24. The molecule has 0 saturated carbocycles. The normalized spacial score (nSPS) is 25.3. The molecular weight excluding hydrogens is 488 g/mol. The Labute approximate surface area is 230 Å². The van der Waals surface area contributed by atoms with E-state index in [4.69, 9.17) is 0 Å². The van der Waals surface area contributed by atoms with Crippen LogP contribution in [0.4, 0.5) is 0 Å². The molecule has 8 rings (SSSR count). The minimum absolute atomic E-state index is 0. The van der Waals surface area contributed by atoms with Crippen LogP contribution in [0.1, 0.15) is 30.1 Å². The summed E-state index contributed by atoms with van der Waals surface area (Å²) in [5.41, 5.74) is 3.37. The molecule has 5 aromatic rings. The molecule has 0 amide bonds. The maximum Gasteiger partial charge on any atom is 0.131 e. The van der Waals surface area contributed by atoms with Crippen molar-refractivity contribution in [3.63, 3.8) is 0 Å². The van der Waals surface area contributed by atoms with Crippen molar-refractivity contribution in [3.8, 4) is 0 Å². The molecule has 3 unspecified atom stereocenters. The molecule has 0 radical (unpaired) electrons. The van der Waals surface area contributed by atoms with E-state index in [0.29, 0.717) is 11.8 Å². The molecule has 4 aromatic carbocycles. The molecule has 5 atom stereocenters. The zero-order chi connectivity index (χ0) is 25.0. The van der Waals surface area contributed by atoms with Gasteiger partial charge in [-0.3, -0.25) is 4.98 Å². The fourth-order valence-electron chi connectivity index (χ4n) is 7.56. The molecule has 1 aromatic heterocycles. The van der Waals surface area contributed by atoms with E-state index in [1.54, 1.807) is 0 Å². The highest BCUT2D eigenvalue weighted by Crippen LogP contribution is 2.49. The fourth-order valence-corrected chi connectivity index (χ4v) is 7.56. The Bertz CT molecular complexity index is 1590. The Morgan fingerprint density at radius 3 is 2.29 bits per heavy atom. The van der Waals surface area contributed by atoms with Gasteiger partial charge >= 0.3 is 0 Å². The Morgan fingerprint density at radius 2 is 1.58 bits per heavy atom. The second kappa shape index (κ2) is 9.81. The standard InChI is InChI=1S/C34H33N2O.ClH/c1-2-23-21-36(22-31-27-11-5-3-9-25(27)19-26-10-4-6-12-28(26)31)18-16-24(23)20-33(36)34(37)30-15-17-35-32-14-8-7-13-29(30)32;/h2-15,17,19,23-24,33-34,37H,1,16,18,20-22H2;1H/q+1;/p-1/t23?,24?,33-,34-,36?;/m1./s1. The molecule has 3 aliphatic heterocycles. The van der Waals surface area contributed by atoms with E-state index in [-0.39, 0.29) is 18.4 Å². The monoisotopic (exact) mass is 520 g/mol. The molecule has 3 nitrogen and oxygen atoms in total. The number of rotatable bonds is 5. The molecule has 3 fully saturated rings. The summed E-state index contributed by atoms with van der Waals surface area (Å²) in [5.74, 6) is 1.09. The van der Waals surface area contributed by atoms with Gasteiger partial charge in [-0.1, -0.05) is 72.8 Å². The lowest BCUT2D eigenvalue weighted by Gasteiger charge is -2.58. The number of aliphatic hydroxyl groups is 1. The van der Waals surface area contributed by atoms with Crippen LogP contribution in [0.3, 0.4) is 0 Å². The average molecular weight is 521 g/mol. The lowest BCUT2D eigenvalue weighted by atomic mass is 9.71. The van der Waals surface area contributed by atoms with Crippen LogP contribution in [0.2, 0.25) is 0 Å². The Balaban J connectivity index is 0.00000264. The van der Waals surface area contributed by atoms with E-state index in [9.17, 15) is 5.11 Å². The summed E-state index contributed by atoms with van der Waals surface area (Å²) in [6, 6.07) is 30.3. The van der Waals surface area contributed by atoms with Gasteiger partial charge in [0.05, 0.1) is 18.6 Å². The summed E-state index contributed by atoms with van der Waals surface area (Å²) in [5, 5.41) is 18.4. The van der Waals surface area contributed by atoms with Crippen molar-refractivity contribution < 1.29 is 22.0 Å². The van der Waals surface area contributed by atoms with Crippen molar-refractivity contribution in [1.29, 1.82) is 0 Å². The third-order valence-electron chi connectivity index (χ3n) is 9.40. The van der Waals surface area contributed by atoms with Crippen molar-refractivity contribution >= 4 is 32.4 Å². The number of pyridine rings is 1. The quantitative estimate of drug-likeness (QED) is 0.214. The van der Waals surface area contributed by atoms with Crippen LogP contribution in [0.15, 0.2) is 104 Å². The summed E-state index contributed by atoms with van der Waals surface area (Å²) in [6.45, 7) is 7.28. The first-order valence-electron chi connectivity index (χ1n) is 13.6. The van der Waals surface area contributed by atoms with Gasteiger partial charge in [0.25, 0.3) is 0 Å². The topological polar surface area (TPSA) is 33.1 Å². The third kappa shape index (κ3) is 3.92. The maximum absolute atomic E-state index is 12.1. The van der Waals surface area contributed by atoms with Crippen LogP contribution in [-0.2, 0) is 6.54 Å². The number of aromatic nitrogens is 1. The molecule has 0 spiro atoms. The number of halogens is 1. The highest BCUT2D eigenvalue weighted by molar-refractivity contribution is 6.02. The van der Waals surface area contributed by atoms with Gasteiger partial charge in [0.2, 0.25) is 0 Å². The van der Waals surface area contributed by atoms with Gasteiger partial charge in [0.1, 0.15) is 18.7 Å². The molecule has 4 heteroatoms. The number of hydrogen-bond acceptors (Lipinski definition) is 2. The predicted octanol–water partition coefficient (Wildman–Crippen LogP) is 4.19. The number of aliphatic hydroxyl groups excluding tert-OH is 1. The minimum atomic E-state index is -0.539. The molecule has 4 heterocycles. The van der Waals surface area contributed by atoms with Gasteiger partial charge in [0, 0.05) is 35.9 Å².